The third-order valence-corrected chi connectivity index (χ3v) is 5.19. The van der Waals surface area contributed by atoms with Gasteiger partial charge in [-0.05, 0) is 25.0 Å². The van der Waals surface area contributed by atoms with Gasteiger partial charge in [0.2, 0.25) is 5.69 Å². The molecule has 1 amide bonds. The van der Waals surface area contributed by atoms with Crippen molar-refractivity contribution in [3.63, 3.8) is 0 Å². The van der Waals surface area contributed by atoms with E-state index in [2.05, 4.69) is 21.7 Å². The van der Waals surface area contributed by atoms with Crippen molar-refractivity contribution in [1.29, 1.82) is 0 Å². The number of carbonyl (C=O) groups excluding carboxylic acids is 1. The van der Waals surface area contributed by atoms with Gasteiger partial charge in [-0.2, -0.15) is 0 Å². The van der Waals surface area contributed by atoms with Crippen LogP contribution >= 0.6 is 11.3 Å². The van der Waals surface area contributed by atoms with Gasteiger partial charge in [-0.3, -0.25) is 9.59 Å². The van der Waals surface area contributed by atoms with E-state index >= 15 is 0 Å². The van der Waals surface area contributed by atoms with E-state index in [4.69, 9.17) is 16.4 Å². The van der Waals surface area contributed by atoms with Crippen LogP contribution in [-0.2, 0) is 4.79 Å². The molecule has 1 atom stereocenters. The summed E-state index contributed by atoms with van der Waals surface area (Å²) in [7, 11) is 0. The number of aromatic nitrogens is 1. The van der Waals surface area contributed by atoms with Gasteiger partial charge in [0.05, 0.1) is 31.3 Å². The van der Waals surface area contributed by atoms with Crippen LogP contribution in [0, 0.1) is 19.4 Å². The Bertz CT molecular complexity index is 1010. The minimum Gasteiger partial charge on any atom is -0.511 e. The van der Waals surface area contributed by atoms with Gasteiger partial charge in [-0.15, -0.1) is 11.3 Å². The van der Waals surface area contributed by atoms with Gasteiger partial charge in [0.1, 0.15) is 21.4 Å². The Kier molecular flexibility index (Phi) is 7.55. The number of nitrogens with one attached hydrogen (secondary N) is 1. The lowest BCUT2D eigenvalue weighted by molar-refractivity contribution is -0.137. The molecule has 158 valence electrons. The molecule has 0 unspecified atom stereocenters. The summed E-state index contributed by atoms with van der Waals surface area (Å²) in [6.07, 6.45) is -0.488. The third-order valence-electron chi connectivity index (χ3n) is 3.99. The van der Waals surface area contributed by atoms with E-state index < -0.39 is 30.1 Å². The molecule has 30 heavy (non-hydrogen) atoms. The number of hydrogen-bond donors (Lipinski definition) is 3. The van der Waals surface area contributed by atoms with Gasteiger partial charge in [-0.1, -0.05) is 26.5 Å². The van der Waals surface area contributed by atoms with E-state index in [-0.39, 0.29) is 4.88 Å². The lowest BCUT2D eigenvalue weighted by Crippen LogP contribution is -2.37. The fourth-order valence-corrected chi connectivity index (χ4v) is 3.46. The second kappa shape index (κ2) is 9.89. The van der Waals surface area contributed by atoms with E-state index in [0.717, 1.165) is 11.3 Å². The highest BCUT2D eigenvalue weighted by Crippen LogP contribution is 2.35. The van der Waals surface area contributed by atoms with E-state index in [0.29, 0.717) is 40.2 Å². The average Bonchev–Trinajstić information content (AvgIpc) is 3.06. The number of nitrogens with zero attached hydrogens (tertiary/aromatic N) is 2. The number of carboxylic acids is 1. The van der Waals surface area contributed by atoms with Crippen molar-refractivity contribution in [3.05, 3.63) is 52.5 Å². The largest absolute Gasteiger partial charge is 0.511 e. The first-order valence-corrected chi connectivity index (χ1v) is 9.96. The van der Waals surface area contributed by atoms with Crippen molar-refractivity contribution in [3.8, 4) is 16.3 Å². The zero-order valence-electron chi connectivity index (χ0n) is 16.9. The lowest BCUT2D eigenvalue weighted by atomic mass is 10.1. The lowest BCUT2D eigenvalue weighted by Gasteiger charge is -2.14. The highest BCUT2D eigenvalue weighted by atomic mass is 32.1. The Morgan fingerprint density at radius 2 is 2.07 bits per heavy atom. The molecule has 2 rings (SSSR count). The third kappa shape index (κ3) is 5.81. The number of benzene rings is 1. The first-order valence-electron chi connectivity index (χ1n) is 9.14. The number of ether oxygens (including phenoxy) is 1. The van der Waals surface area contributed by atoms with Crippen LogP contribution in [0.4, 0.5) is 5.69 Å². The van der Waals surface area contributed by atoms with Gasteiger partial charge in [-0.25, -0.2) is 9.83 Å². The number of carboxylic acid groups (broad SMARTS) is 1. The van der Waals surface area contributed by atoms with Crippen LogP contribution in [0.2, 0.25) is 0 Å². The molecule has 0 aliphatic heterocycles. The summed E-state index contributed by atoms with van der Waals surface area (Å²) < 4.78 is 5.67. The van der Waals surface area contributed by atoms with Crippen molar-refractivity contribution in [2.24, 2.45) is 5.92 Å². The minimum atomic E-state index is -1.18. The van der Waals surface area contributed by atoms with E-state index in [9.17, 15) is 14.7 Å². The van der Waals surface area contributed by atoms with Crippen LogP contribution in [0.5, 0.6) is 5.75 Å². The number of amides is 1. The molecule has 1 heterocycles. The van der Waals surface area contributed by atoms with Crippen molar-refractivity contribution in [2.45, 2.75) is 33.2 Å². The van der Waals surface area contributed by atoms with Crippen LogP contribution in [0.3, 0.4) is 0 Å². The first kappa shape index (κ1) is 22.9. The summed E-state index contributed by atoms with van der Waals surface area (Å²) in [5.41, 5.74) is 1.47. The molecule has 8 nitrogen and oxygen atoms in total. The summed E-state index contributed by atoms with van der Waals surface area (Å²) >= 11 is 1.11. The van der Waals surface area contributed by atoms with E-state index in [1.165, 1.54) is 0 Å². The van der Waals surface area contributed by atoms with E-state index in [1.807, 2.05) is 13.8 Å². The summed E-state index contributed by atoms with van der Waals surface area (Å²) in [6, 6.07) is 4.03. The molecule has 1 aromatic heterocycles. The Labute approximate surface area is 178 Å². The molecule has 0 fully saturated rings. The van der Waals surface area contributed by atoms with E-state index in [1.54, 1.807) is 25.1 Å². The molecule has 0 aliphatic carbocycles. The topological polar surface area (TPSA) is 113 Å². The Morgan fingerprint density at radius 1 is 1.37 bits per heavy atom. The molecule has 3 N–H and O–H groups in total. The zero-order valence-corrected chi connectivity index (χ0v) is 17.7. The fourth-order valence-electron chi connectivity index (χ4n) is 2.50. The highest BCUT2D eigenvalue weighted by Gasteiger charge is 2.23. The molecule has 0 saturated heterocycles. The first-order chi connectivity index (χ1) is 14.1. The van der Waals surface area contributed by atoms with Gasteiger partial charge in [0.15, 0.2) is 0 Å². The molecular formula is C21H23N3O5S. The SMILES string of the molecule is [C-]#[N+]c1cc(-c2nc(C)c(C(=O)N[C@@H](CC(=O)O)C(=C)O)s2)ccc1OCC(C)C. The van der Waals surface area contributed by atoms with Crippen LogP contribution < -0.4 is 10.1 Å². The number of carbonyl (C=O) groups is 2. The molecule has 0 aliphatic rings. The second-order valence-corrected chi connectivity index (χ2v) is 8.05. The maximum absolute atomic E-state index is 12.6. The van der Waals surface area contributed by atoms with Gasteiger partial charge in [0, 0.05) is 5.56 Å². The van der Waals surface area contributed by atoms with Crippen molar-refractivity contribution >= 4 is 28.9 Å². The molecule has 0 saturated carbocycles. The Balaban J connectivity index is 2.27. The average molecular weight is 429 g/mol. The summed E-state index contributed by atoms with van der Waals surface area (Å²) in [4.78, 5) is 31.7. The number of rotatable bonds is 9. The highest BCUT2D eigenvalue weighted by molar-refractivity contribution is 7.17. The molecule has 2 aromatic rings. The monoisotopic (exact) mass is 429 g/mol. The zero-order chi connectivity index (χ0) is 22.4. The van der Waals surface area contributed by atoms with Gasteiger partial charge in [0.25, 0.3) is 5.91 Å². The number of hydrogen-bond acceptors (Lipinski definition) is 6. The summed E-state index contributed by atoms with van der Waals surface area (Å²) in [6.45, 7) is 16.9. The molecule has 0 spiro atoms. The quantitative estimate of drug-likeness (QED) is 0.403. The predicted molar refractivity (Wildman–Crippen MR) is 114 cm³/mol. The van der Waals surface area contributed by atoms with Crippen LogP contribution in [0.15, 0.2) is 30.5 Å². The maximum Gasteiger partial charge on any atom is 0.305 e. The normalized spacial score (nSPS) is 11.6. The Morgan fingerprint density at radius 3 is 2.63 bits per heavy atom. The smallest absolute Gasteiger partial charge is 0.305 e. The molecule has 1 aromatic carbocycles. The van der Waals surface area contributed by atoms with Crippen LogP contribution in [-0.4, -0.2) is 39.7 Å². The molecule has 9 heteroatoms. The molecule has 0 bridgehead atoms. The summed E-state index contributed by atoms with van der Waals surface area (Å²) in [5, 5.41) is 21.5. The van der Waals surface area contributed by atoms with Crippen LogP contribution in [0.1, 0.15) is 35.6 Å². The van der Waals surface area contributed by atoms with Crippen molar-refractivity contribution < 1.29 is 24.5 Å². The number of thiazole rings is 1. The van der Waals surface area contributed by atoms with Gasteiger partial charge < -0.3 is 20.3 Å². The minimum absolute atomic E-state index is 0.283. The van der Waals surface area contributed by atoms with Crippen LogP contribution in [0.25, 0.3) is 15.4 Å². The van der Waals surface area contributed by atoms with Crippen molar-refractivity contribution in [2.75, 3.05) is 6.61 Å². The number of aryl methyl sites for hydroxylation is 1. The maximum atomic E-state index is 12.6. The molecular weight excluding hydrogens is 406 g/mol. The summed E-state index contributed by atoms with van der Waals surface area (Å²) in [5.74, 6) is -1.35. The van der Waals surface area contributed by atoms with Gasteiger partial charge >= 0.3 is 5.97 Å². The standard InChI is InChI=1S/C21H23N3O5S/c1-11(2)10-29-17-7-6-14(8-16(17)22-5)21-23-12(3)19(30-21)20(28)24-15(13(4)25)9-18(26)27/h6-8,11,15,25H,4,9-10H2,1-3H3,(H,24,28)(H,26,27)/t15-/m0/s1. The van der Waals surface area contributed by atoms with Crippen molar-refractivity contribution in [1.82, 2.24) is 10.3 Å². The molecule has 0 radical (unpaired) electrons. The number of aliphatic carboxylic acids is 1. The Hall–Kier alpha value is -3.38. The predicted octanol–water partition coefficient (Wildman–Crippen LogP) is 4.35. The fraction of sp³-hybridized carbons (Fsp3) is 0.333. The number of aliphatic hydroxyl groups excluding tert-OH is 1. The number of aliphatic hydroxyl groups is 1. The second-order valence-electron chi connectivity index (χ2n) is 7.05.